The van der Waals surface area contributed by atoms with E-state index in [1.807, 2.05) is 42.5 Å². The van der Waals surface area contributed by atoms with Gasteiger partial charge in [-0.3, -0.25) is 14.6 Å². The van der Waals surface area contributed by atoms with Crippen molar-refractivity contribution in [2.75, 3.05) is 76.1 Å². The first-order chi connectivity index (χ1) is 18.2. The average molecular weight is 523 g/mol. The third-order valence-electron chi connectivity index (χ3n) is 6.75. The van der Waals surface area contributed by atoms with E-state index in [4.69, 9.17) is 19.2 Å². The monoisotopic (exact) mass is 522 g/mol. The number of ether oxygens (including phenoxy) is 3. The zero-order chi connectivity index (χ0) is 25.5. The van der Waals surface area contributed by atoms with Gasteiger partial charge in [-0.1, -0.05) is 18.2 Å². The third kappa shape index (κ3) is 6.67. The number of hydrogen-bond acceptors (Lipinski definition) is 8. The molecule has 5 rings (SSSR count). The smallest absolute Gasteiger partial charge is 0.260 e. The minimum atomic E-state index is -0.0630. The van der Waals surface area contributed by atoms with E-state index in [-0.39, 0.29) is 5.91 Å². The van der Waals surface area contributed by atoms with Gasteiger partial charge in [0.1, 0.15) is 5.75 Å². The Balaban J connectivity index is 1.38. The molecule has 2 fully saturated rings. The molecule has 0 atom stereocenters. The first-order valence-corrected chi connectivity index (χ1v) is 13.7. The van der Waals surface area contributed by atoms with Gasteiger partial charge in [0.25, 0.3) is 5.91 Å². The highest BCUT2D eigenvalue weighted by Gasteiger charge is 2.23. The van der Waals surface area contributed by atoms with Gasteiger partial charge in [-0.25, -0.2) is 4.98 Å². The third-order valence-corrected chi connectivity index (χ3v) is 7.66. The molecule has 3 aromatic rings. The van der Waals surface area contributed by atoms with Gasteiger partial charge in [0.2, 0.25) is 0 Å². The van der Waals surface area contributed by atoms with Crippen LogP contribution in [-0.4, -0.2) is 82.1 Å². The number of nitrogens with zero attached hydrogens (tertiary/aromatic N) is 4. The Labute approximate surface area is 222 Å². The summed E-state index contributed by atoms with van der Waals surface area (Å²) in [6, 6.07) is 15.7. The summed E-state index contributed by atoms with van der Waals surface area (Å²) < 4.78 is 16.4. The SMILES string of the molecule is COc1cccc(CN(C(=O)c2cccc(N3CCOCC3)c2)c2nc(CCN3CCOCC3)cs2)c1. The van der Waals surface area contributed by atoms with E-state index in [1.54, 1.807) is 12.0 Å². The Hall–Kier alpha value is -2.98. The minimum Gasteiger partial charge on any atom is -0.497 e. The van der Waals surface area contributed by atoms with Crippen LogP contribution in [0.25, 0.3) is 0 Å². The van der Waals surface area contributed by atoms with Gasteiger partial charge in [0.15, 0.2) is 5.13 Å². The van der Waals surface area contributed by atoms with Gasteiger partial charge in [-0.05, 0) is 35.9 Å². The second-order valence-corrected chi connectivity index (χ2v) is 10.1. The average Bonchev–Trinajstić information content (AvgIpc) is 3.44. The van der Waals surface area contributed by atoms with Gasteiger partial charge in [0.05, 0.1) is 45.8 Å². The largest absolute Gasteiger partial charge is 0.497 e. The molecule has 1 aromatic heterocycles. The number of hydrogen-bond donors (Lipinski definition) is 0. The Morgan fingerprint density at radius 2 is 1.78 bits per heavy atom. The quantitative estimate of drug-likeness (QED) is 0.424. The fraction of sp³-hybridized carbons (Fsp3) is 0.429. The molecule has 0 bridgehead atoms. The molecule has 0 spiro atoms. The number of thiazole rings is 1. The summed E-state index contributed by atoms with van der Waals surface area (Å²) in [6.07, 6.45) is 0.851. The Morgan fingerprint density at radius 3 is 2.57 bits per heavy atom. The molecule has 3 heterocycles. The highest BCUT2D eigenvalue weighted by molar-refractivity contribution is 7.14. The minimum absolute atomic E-state index is 0.0630. The Bertz CT molecular complexity index is 1170. The van der Waals surface area contributed by atoms with Crippen molar-refractivity contribution in [3.05, 3.63) is 70.7 Å². The molecule has 0 aliphatic carbocycles. The lowest BCUT2D eigenvalue weighted by molar-refractivity contribution is 0.0383. The summed E-state index contributed by atoms with van der Waals surface area (Å²) in [4.78, 5) is 25.3. The number of rotatable bonds is 9. The van der Waals surface area contributed by atoms with Crippen LogP contribution >= 0.6 is 11.3 Å². The molecule has 9 heteroatoms. The van der Waals surface area contributed by atoms with Crippen LogP contribution in [-0.2, 0) is 22.4 Å². The van der Waals surface area contributed by atoms with Crippen molar-refractivity contribution in [1.82, 2.24) is 9.88 Å². The van der Waals surface area contributed by atoms with Crippen LogP contribution in [0.3, 0.4) is 0 Å². The number of amides is 1. The van der Waals surface area contributed by atoms with Gasteiger partial charge in [-0.15, -0.1) is 11.3 Å². The second kappa shape index (κ2) is 12.5. The first kappa shape index (κ1) is 25.7. The van der Waals surface area contributed by atoms with Crippen LogP contribution in [0.1, 0.15) is 21.6 Å². The number of methoxy groups -OCH3 is 1. The topological polar surface area (TPSA) is 67.4 Å². The zero-order valence-electron chi connectivity index (χ0n) is 21.3. The highest BCUT2D eigenvalue weighted by atomic mass is 32.1. The van der Waals surface area contributed by atoms with Gasteiger partial charge >= 0.3 is 0 Å². The number of anilines is 2. The van der Waals surface area contributed by atoms with E-state index in [0.717, 1.165) is 75.1 Å². The van der Waals surface area contributed by atoms with E-state index in [9.17, 15) is 4.79 Å². The maximum absolute atomic E-state index is 13.9. The molecule has 8 nitrogen and oxygen atoms in total. The highest BCUT2D eigenvalue weighted by Crippen LogP contribution is 2.27. The number of morpholine rings is 2. The van der Waals surface area contributed by atoms with E-state index < -0.39 is 0 Å². The molecule has 1 amide bonds. The molecule has 0 N–H and O–H groups in total. The predicted octanol–water partition coefficient (Wildman–Crippen LogP) is 3.71. The van der Waals surface area contributed by atoms with Crippen molar-refractivity contribution in [2.24, 2.45) is 0 Å². The van der Waals surface area contributed by atoms with Crippen LogP contribution in [0, 0.1) is 0 Å². The molecule has 2 saturated heterocycles. The van der Waals surface area contributed by atoms with Crippen LogP contribution in [0.2, 0.25) is 0 Å². The fourth-order valence-corrected chi connectivity index (χ4v) is 5.48. The number of carbonyl (C=O) groups excluding carboxylic acids is 1. The molecule has 2 aliphatic heterocycles. The van der Waals surface area contributed by atoms with Gasteiger partial charge in [0, 0.05) is 55.8 Å². The molecule has 2 aromatic carbocycles. The molecular formula is C28H34N4O4S. The van der Waals surface area contributed by atoms with E-state index in [0.29, 0.717) is 30.5 Å². The maximum Gasteiger partial charge on any atom is 0.260 e. The van der Waals surface area contributed by atoms with Crippen LogP contribution in [0.4, 0.5) is 10.8 Å². The van der Waals surface area contributed by atoms with Crippen molar-refractivity contribution >= 4 is 28.1 Å². The zero-order valence-corrected chi connectivity index (χ0v) is 22.1. The molecule has 0 saturated carbocycles. The standard InChI is InChI=1S/C28H34N4O4S/c1-34-26-7-2-4-22(18-26)20-32(28-29-24(21-37-28)8-9-30-10-14-35-15-11-30)27(33)23-5-3-6-25(19-23)31-12-16-36-17-13-31/h2-7,18-19,21H,8-17,20H2,1H3. The molecule has 0 unspecified atom stereocenters. The summed E-state index contributed by atoms with van der Waals surface area (Å²) in [5.74, 6) is 0.705. The van der Waals surface area contributed by atoms with Crippen molar-refractivity contribution in [1.29, 1.82) is 0 Å². The van der Waals surface area contributed by atoms with Crippen molar-refractivity contribution in [2.45, 2.75) is 13.0 Å². The van der Waals surface area contributed by atoms with Crippen molar-refractivity contribution < 1.29 is 19.0 Å². The Kier molecular flexibility index (Phi) is 8.68. The van der Waals surface area contributed by atoms with Gasteiger partial charge in [-0.2, -0.15) is 0 Å². The number of aromatic nitrogens is 1. The van der Waals surface area contributed by atoms with Gasteiger partial charge < -0.3 is 19.1 Å². The Morgan fingerprint density at radius 1 is 1.03 bits per heavy atom. The van der Waals surface area contributed by atoms with E-state index in [1.165, 1.54) is 11.3 Å². The lowest BCUT2D eigenvalue weighted by Crippen LogP contribution is -2.37. The normalized spacial score (nSPS) is 16.5. The summed E-state index contributed by atoms with van der Waals surface area (Å²) in [5.41, 5.74) is 3.69. The van der Waals surface area contributed by atoms with Crippen LogP contribution in [0.15, 0.2) is 53.9 Å². The molecule has 196 valence electrons. The predicted molar refractivity (Wildman–Crippen MR) is 146 cm³/mol. The second-order valence-electron chi connectivity index (χ2n) is 9.22. The van der Waals surface area contributed by atoms with E-state index in [2.05, 4.69) is 21.2 Å². The summed E-state index contributed by atoms with van der Waals surface area (Å²) in [6.45, 7) is 7.89. The lowest BCUT2D eigenvalue weighted by atomic mass is 10.1. The summed E-state index contributed by atoms with van der Waals surface area (Å²) in [7, 11) is 1.65. The number of benzene rings is 2. The summed E-state index contributed by atoms with van der Waals surface area (Å²) >= 11 is 1.52. The summed E-state index contributed by atoms with van der Waals surface area (Å²) in [5, 5.41) is 2.78. The van der Waals surface area contributed by atoms with Crippen LogP contribution in [0.5, 0.6) is 5.75 Å². The number of carbonyl (C=O) groups is 1. The molecule has 2 aliphatic rings. The van der Waals surface area contributed by atoms with Crippen LogP contribution < -0.4 is 14.5 Å². The molecule has 37 heavy (non-hydrogen) atoms. The van der Waals surface area contributed by atoms with E-state index >= 15 is 0 Å². The molecule has 0 radical (unpaired) electrons. The first-order valence-electron chi connectivity index (χ1n) is 12.8. The maximum atomic E-state index is 13.9. The van der Waals surface area contributed by atoms with Crippen molar-refractivity contribution in [3.63, 3.8) is 0 Å². The van der Waals surface area contributed by atoms with Crippen molar-refractivity contribution in [3.8, 4) is 5.75 Å². The molecular weight excluding hydrogens is 488 g/mol. The fourth-order valence-electron chi connectivity index (χ4n) is 4.63. The lowest BCUT2D eigenvalue weighted by Gasteiger charge is -2.29.